The molecule has 9 nitrogen and oxygen atoms in total. The van der Waals surface area contributed by atoms with Crippen molar-refractivity contribution >= 4 is 51.9 Å². The summed E-state index contributed by atoms with van der Waals surface area (Å²) in [6.45, 7) is 4.08. The summed E-state index contributed by atoms with van der Waals surface area (Å²) in [6, 6.07) is 11.9. The van der Waals surface area contributed by atoms with Crippen LogP contribution in [0, 0.1) is 11.3 Å². The summed E-state index contributed by atoms with van der Waals surface area (Å²) < 4.78 is 4.78. The van der Waals surface area contributed by atoms with Gasteiger partial charge in [-0.1, -0.05) is 11.6 Å². The third kappa shape index (κ3) is 7.28. The average Bonchev–Trinajstić information content (AvgIpc) is 2.72. The van der Waals surface area contributed by atoms with Crippen molar-refractivity contribution in [3.05, 3.63) is 41.4 Å². The zero-order chi connectivity index (χ0) is 22.8. The molecular weight excluding hydrogens is 420 g/mol. The van der Waals surface area contributed by atoms with Crippen LogP contribution in [-0.4, -0.2) is 31.6 Å². The molecule has 0 bridgehead atoms. The number of nitriles is 1. The highest BCUT2D eigenvalue weighted by molar-refractivity contribution is 6.33. The highest BCUT2D eigenvalue weighted by Gasteiger charge is 2.12. The Kier molecular flexibility index (Phi) is 8.78. The lowest BCUT2D eigenvalue weighted by molar-refractivity contribution is -0.142. The topological polar surface area (TPSA) is 133 Å². The van der Waals surface area contributed by atoms with E-state index in [2.05, 4.69) is 15.5 Å². The molecule has 31 heavy (non-hydrogen) atoms. The third-order valence-corrected chi connectivity index (χ3v) is 4.46. The van der Waals surface area contributed by atoms with E-state index in [0.29, 0.717) is 40.9 Å². The Bertz CT molecular complexity index is 1020. The van der Waals surface area contributed by atoms with Gasteiger partial charge in [-0.05, 0) is 43.3 Å². The molecule has 0 saturated carbocycles. The fraction of sp³-hybridized carbons (Fsp3) is 0.286. The van der Waals surface area contributed by atoms with Gasteiger partial charge in [0.1, 0.15) is 17.4 Å². The number of nitrogens with two attached hydrogens (primary N) is 1. The Balaban J connectivity index is 2.25. The first-order valence-electron chi connectivity index (χ1n) is 9.50. The van der Waals surface area contributed by atoms with Gasteiger partial charge in [0.05, 0.1) is 17.1 Å². The number of carbonyl (C=O) groups is 2. The number of hydrogen-bond acceptors (Lipinski definition) is 8. The summed E-state index contributed by atoms with van der Waals surface area (Å²) in [5, 5.41) is 20.0. The molecule has 3 N–H and O–H groups in total. The first-order valence-corrected chi connectivity index (χ1v) is 9.87. The molecule has 0 spiro atoms. The Labute approximate surface area is 185 Å². The summed E-state index contributed by atoms with van der Waals surface area (Å²) in [5.74, 6) is -0.713. The number of amides is 1. The number of ether oxygens (including phenoxy) is 1. The van der Waals surface area contributed by atoms with Crippen LogP contribution in [0.1, 0.15) is 20.3 Å². The summed E-state index contributed by atoms with van der Waals surface area (Å²) in [6.07, 6.45) is 0.127. The first kappa shape index (κ1) is 23.6. The second-order valence-corrected chi connectivity index (χ2v) is 6.85. The molecule has 1 amide bonds. The lowest BCUT2D eigenvalue weighted by atomic mass is 10.2. The lowest BCUT2D eigenvalue weighted by Gasteiger charge is -2.23. The normalized spacial score (nSPS) is 10.5. The van der Waals surface area contributed by atoms with E-state index >= 15 is 0 Å². The molecule has 0 aliphatic rings. The van der Waals surface area contributed by atoms with E-state index in [1.165, 1.54) is 6.92 Å². The Morgan fingerprint density at radius 2 is 1.94 bits per heavy atom. The van der Waals surface area contributed by atoms with Crippen LogP contribution in [0.4, 0.5) is 28.4 Å². The fourth-order valence-electron chi connectivity index (χ4n) is 2.69. The van der Waals surface area contributed by atoms with E-state index in [1.807, 2.05) is 17.9 Å². The van der Waals surface area contributed by atoms with E-state index in [9.17, 15) is 9.59 Å². The predicted octanol–water partition coefficient (Wildman–Crippen LogP) is 4.58. The van der Waals surface area contributed by atoms with E-state index in [-0.39, 0.29) is 18.9 Å². The molecule has 162 valence electrons. The second kappa shape index (κ2) is 11.5. The van der Waals surface area contributed by atoms with E-state index in [4.69, 9.17) is 27.3 Å². The highest BCUT2D eigenvalue weighted by atomic mass is 35.5. The molecule has 0 fully saturated rings. The quantitative estimate of drug-likeness (QED) is 0.331. The SMILES string of the molecule is CCN(CCC(=O)OCC#N)c1ccc(N=Nc2ccc(N)cc2Cl)c(NC(C)=O)c1. The number of nitrogens with zero attached hydrogens (tertiary/aromatic N) is 4. The monoisotopic (exact) mass is 442 g/mol. The molecule has 0 unspecified atom stereocenters. The number of azo groups is 1. The zero-order valence-electron chi connectivity index (χ0n) is 17.3. The maximum atomic E-state index is 11.7. The molecule has 0 aliphatic carbocycles. The van der Waals surface area contributed by atoms with Gasteiger partial charge in [0.25, 0.3) is 0 Å². The van der Waals surface area contributed by atoms with Gasteiger partial charge in [0.2, 0.25) is 5.91 Å². The van der Waals surface area contributed by atoms with Crippen LogP contribution < -0.4 is 16.0 Å². The number of esters is 1. The van der Waals surface area contributed by atoms with Crippen molar-refractivity contribution in [2.24, 2.45) is 10.2 Å². The zero-order valence-corrected chi connectivity index (χ0v) is 18.0. The minimum Gasteiger partial charge on any atom is -0.450 e. The molecule has 2 aromatic carbocycles. The van der Waals surface area contributed by atoms with Crippen molar-refractivity contribution in [2.75, 3.05) is 35.6 Å². The van der Waals surface area contributed by atoms with Crippen molar-refractivity contribution in [1.82, 2.24) is 0 Å². The number of nitrogen functional groups attached to an aromatic ring is 1. The van der Waals surface area contributed by atoms with Crippen LogP contribution in [0.2, 0.25) is 5.02 Å². The Hall–Kier alpha value is -3.64. The van der Waals surface area contributed by atoms with Gasteiger partial charge in [-0.2, -0.15) is 5.26 Å². The fourth-order valence-corrected chi connectivity index (χ4v) is 2.92. The minimum atomic E-state index is -0.451. The van der Waals surface area contributed by atoms with Crippen LogP contribution in [0.25, 0.3) is 0 Å². The summed E-state index contributed by atoms with van der Waals surface area (Å²) in [7, 11) is 0. The average molecular weight is 443 g/mol. The van der Waals surface area contributed by atoms with Crippen LogP contribution >= 0.6 is 11.6 Å². The number of carbonyl (C=O) groups excluding carboxylic acids is 2. The van der Waals surface area contributed by atoms with E-state index in [0.717, 1.165) is 5.69 Å². The van der Waals surface area contributed by atoms with E-state index < -0.39 is 5.97 Å². The molecule has 0 atom stereocenters. The van der Waals surface area contributed by atoms with Crippen molar-refractivity contribution in [3.63, 3.8) is 0 Å². The number of halogens is 1. The van der Waals surface area contributed by atoms with Gasteiger partial charge in [-0.15, -0.1) is 10.2 Å². The second-order valence-electron chi connectivity index (χ2n) is 6.44. The summed E-state index contributed by atoms with van der Waals surface area (Å²) >= 11 is 6.13. The van der Waals surface area contributed by atoms with Gasteiger partial charge >= 0.3 is 5.97 Å². The molecule has 0 heterocycles. The standard InChI is InChI=1S/C21H23ClN6O3/c1-3-28(10-8-21(30)31-11-9-23)16-5-7-19(20(13-16)25-14(2)29)27-26-18-6-4-15(24)12-17(18)22/h4-7,12-13H,3,8,10-11,24H2,1-2H3,(H,25,29). The van der Waals surface area contributed by atoms with Gasteiger partial charge in [-0.25, -0.2) is 0 Å². The van der Waals surface area contributed by atoms with Crippen molar-refractivity contribution in [2.45, 2.75) is 20.3 Å². The molecule has 0 saturated heterocycles. The predicted molar refractivity (Wildman–Crippen MR) is 120 cm³/mol. The molecule has 0 aromatic heterocycles. The number of nitrogens with one attached hydrogen (secondary N) is 1. The van der Waals surface area contributed by atoms with Gasteiger partial charge in [0.15, 0.2) is 6.61 Å². The summed E-state index contributed by atoms with van der Waals surface area (Å²) in [5.41, 5.74) is 8.33. The van der Waals surface area contributed by atoms with Crippen LogP contribution in [0.5, 0.6) is 0 Å². The van der Waals surface area contributed by atoms with Crippen LogP contribution in [0.3, 0.4) is 0 Å². The molecular formula is C21H23ClN6O3. The minimum absolute atomic E-state index is 0.127. The molecule has 10 heteroatoms. The van der Waals surface area contributed by atoms with Crippen LogP contribution in [0.15, 0.2) is 46.6 Å². The third-order valence-electron chi connectivity index (χ3n) is 4.16. The Morgan fingerprint density at radius 3 is 2.58 bits per heavy atom. The smallest absolute Gasteiger partial charge is 0.308 e. The first-order chi connectivity index (χ1) is 14.8. The summed E-state index contributed by atoms with van der Waals surface area (Å²) in [4.78, 5) is 25.3. The molecule has 0 aliphatic heterocycles. The van der Waals surface area contributed by atoms with Crippen molar-refractivity contribution in [3.8, 4) is 6.07 Å². The highest BCUT2D eigenvalue weighted by Crippen LogP contribution is 2.33. The number of anilines is 3. The van der Waals surface area contributed by atoms with Crippen LogP contribution in [-0.2, 0) is 14.3 Å². The van der Waals surface area contributed by atoms with Crippen molar-refractivity contribution < 1.29 is 14.3 Å². The maximum absolute atomic E-state index is 11.7. The van der Waals surface area contributed by atoms with E-state index in [1.54, 1.807) is 36.4 Å². The van der Waals surface area contributed by atoms with Gasteiger partial charge in [0, 0.05) is 31.4 Å². The van der Waals surface area contributed by atoms with Gasteiger partial charge in [-0.3, -0.25) is 9.59 Å². The maximum Gasteiger partial charge on any atom is 0.308 e. The molecule has 2 aromatic rings. The Morgan fingerprint density at radius 1 is 1.23 bits per heavy atom. The molecule has 0 radical (unpaired) electrons. The van der Waals surface area contributed by atoms with Crippen molar-refractivity contribution in [1.29, 1.82) is 5.26 Å². The van der Waals surface area contributed by atoms with Gasteiger partial charge < -0.3 is 20.7 Å². The largest absolute Gasteiger partial charge is 0.450 e. The number of hydrogen-bond donors (Lipinski definition) is 2. The lowest BCUT2D eigenvalue weighted by Crippen LogP contribution is -2.26. The number of rotatable bonds is 9. The molecule has 2 rings (SSSR count). The number of benzene rings is 2.